The normalized spacial score (nSPS) is 13.8. The number of allylic oxidation sites excluding steroid dienone is 5. The molecule has 0 fully saturated rings. The number of rotatable bonds is 18. The number of nitrogens with zero attached hydrogens (tertiary/aromatic N) is 6. The largest absolute Gasteiger partial charge is 2.00 e. The van der Waals surface area contributed by atoms with Gasteiger partial charge in [-0.15, -0.1) is 42.2 Å². The van der Waals surface area contributed by atoms with Gasteiger partial charge < -0.3 is 44.0 Å². The minimum Gasteiger partial charge on any atom is -0.854 e. The topological polar surface area (TPSA) is 201 Å². The molecule has 2 aliphatic rings. The van der Waals surface area contributed by atoms with Gasteiger partial charge in [0.2, 0.25) is 0 Å². The number of aliphatic hydroxyl groups is 3. The number of aromatic nitrogens is 4. The summed E-state index contributed by atoms with van der Waals surface area (Å²) in [5.41, 5.74) is 8.84. The van der Waals surface area contributed by atoms with Crippen molar-refractivity contribution in [1.29, 1.82) is 0 Å². The van der Waals surface area contributed by atoms with Gasteiger partial charge in [0.25, 0.3) is 0 Å². The van der Waals surface area contributed by atoms with Crippen molar-refractivity contribution in [3.63, 3.8) is 0 Å². The Morgan fingerprint density at radius 1 is 0.682 bits per heavy atom. The number of aliphatic imine (C=N–C) groups is 1. The molecule has 1 aliphatic heterocycles. The number of thiophene rings is 1. The maximum absolute atomic E-state index is 13.2. The summed E-state index contributed by atoms with van der Waals surface area (Å²) in [6.07, 6.45) is 4.72. The van der Waals surface area contributed by atoms with Crippen molar-refractivity contribution in [1.82, 2.24) is 20.3 Å². The number of ether oxygens (including phenoxy) is 3. The van der Waals surface area contributed by atoms with Gasteiger partial charge >= 0.3 is 43.7 Å². The predicted octanol–water partition coefficient (Wildman–Crippen LogP) is 15.0. The number of hydrogen-bond donors (Lipinski definition) is 3. The Morgan fingerprint density at radius 2 is 1.27 bits per heavy atom. The van der Waals surface area contributed by atoms with E-state index < -0.39 is 36.4 Å². The van der Waals surface area contributed by atoms with Gasteiger partial charge in [0.1, 0.15) is 54.1 Å². The Kier molecular flexibility index (Phi) is 22.9. The molecule has 3 N–H and O–H groups in total. The number of para-hydroxylation sites is 2. The first-order valence-corrected chi connectivity index (χ1v) is 27.5. The van der Waals surface area contributed by atoms with E-state index in [9.17, 15) is 47.1 Å². The Morgan fingerprint density at radius 3 is 1.76 bits per heavy atom. The van der Waals surface area contributed by atoms with Gasteiger partial charge in [-0.05, 0) is 101 Å². The summed E-state index contributed by atoms with van der Waals surface area (Å²) in [6.45, 7) is -0.0818. The van der Waals surface area contributed by atoms with Gasteiger partial charge in [-0.25, -0.2) is 5.71 Å². The summed E-state index contributed by atoms with van der Waals surface area (Å²) in [7, 11) is 0. The second kappa shape index (κ2) is 30.8. The molecule has 9 aromatic rings. The summed E-state index contributed by atoms with van der Waals surface area (Å²) >= 11 is 7.22. The molecule has 444 valence electrons. The van der Waals surface area contributed by atoms with E-state index in [-0.39, 0.29) is 95.4 Å². The summed E-state index contributed by atoms with van der Waals surface area (Å²) < 4.78 is 103. The van der Waals surface area contributed by atoms with Crippen molar-refractivity contribution >= 4 is 34.9 Å². The van der Waals surface area contributed by atoms with Crippen LogP contribution in [0, 0.1) is 37.2 Å². The maximum Gasteiger partial charge on any atom is 2.00 e. The van der Waals surface area contributed by atoms with E-state index in [0.29, 0.717) is 55.7 Å². The van der Waals surface area contributed by atoms with Crippen molar-refractivity contribution in [2.24, 2.45) is 4.99 Å². The molecule has 5 aromatic heterocycles. The fourth-order valence-corrected chi connectivity index (χ4v) is 9.34. The molecule has 0 bridgehead atoms. The molecule has 3 unspecified atom stereocenters. The average molecular weight is 1460 g/mol. The molecular weight excluding hydrogens is 1410 g/mol. The zero-order valence-electron chi connectivity index (χ0n) is 45.7. The quantitative estimate of drug-likeness (QED) is 0.0318. The van der Waals surface area contributed by atoms with Gasteiger partial charge in [0, 0.05) is 59.5 Å². The van der Waals surface area contributed by atoms with Crippen LogP contribution >= 0.6 is 22.9 Å². The number of benzene rings is 4. The third-order valence-corrected chi connectivity index (χ3v) is 13.8. The molecule has 1 aliphatic carbocycles. The third-order valence-electron chi connectivity index (χ3n) is 12.7. The van der Waals surface area contributed by atoms with Gasteiger partial charge in [-0.3, -0.25) is 15.0 Å². The van der Waals surface area contributed by atoms with Crippen LogP contribution < -0.4 is 14.2 Å². The first-order chi connectivity index (χ1) is 42.0. The van der Waals surface area contributed by atoms with E-state index in [0.717, 1.165) is 36.3 Å². The van der Waals surface area contributed by atoms with Crippen LogP contribution in [0.25, 0.3) is 27.9 Å². The number of hydrogen-bond acceptors (Lipinski definition) is 14. The van der Waals surface area contributed by atoms with Crippen LogP contribution in [0.4, 0.5) is 26.3 Å². The first kappa shape index (κ1) is 65.3. The molecule has 0 radical (unpaired) electrons. The summed E-state index contributed by atoms with van der Waals surface area (Å²) in [5.74, 6) is 1.28. The molecule has 4 aromatic carbocycles. The fourth-order valence-electron chi connectivity index (χ4n) is 8.55. The van der Waals surface area contributed by atoms with E-state index in [4.69, 9.17) is 30.1 Å². The standard InChI is InChI=1S/C23H17F3N2O4.C23H17F3N2O3.C19H13ClN2OS.U/c24-23(25,26)31-18-10-8-15(9-11-18)21-20(22(29)16-5-4-12-27-13-16)19(32-28-21)14-30-17-6-2-1-3-7-17;24-23(25,26)17-8-4-6-15(12-17)21-20(22(29)16-7-5-11-27-13-16)19(31-28-21)14-30-18-9-2-1-3-10-18;20-15-7-5-13(6-8-15)11-16(18(21)17-4-2-10-24-17)19(23)14-3-1-9-22-12-14;/h1-13,22,29H,14H2;1-13,22,29H,14H2;2,4-5,7,9-10,12,19,23H,1,3H2;/q;;-2;+2. The minimum atomic E-state index is -4.79. The van der Waals surface area contributed by atoms with Crippen LogP contribution in [0.5, 0.6) is 17.2 Å². The van der Waals surface area contributed by atoms with Gasteiger partial charge in [-0.1, -0.05) is 101 Å². The molecule has 14 nitrogen and oxygen atoms in total. The monoisotopic (exact) mass is 1460 g/mol. The van der Waals surface area contributed by atoms with E-state index >= 15 is 0 Å². The molecule has 0 saturated carbocycles. The second-order valence-corrected chi connectivity index (χ2v) is 20.0. The predicted molar refractivity (Wildman–Crippen MR) is 313 cm³/mol. The van der Waals surface area contributed by atoms with Crippen molar-refractivity contribution in [3.05, 3.63) is 283 Å². The van der Waals surface area contributed by atoms with Crippen LogP contribution in [-0.2, 0) is 19.4 Å². The second-order valence-electron chi connectivity index (χ2n) is 18.7. The molecular formula is C65H47ClF6N6O8SU. The van der Waals surface area contributed by atoms with Crippen LogP contribution in [0.15, 0.2) is 241 Å². The van der Waals surface area contributed by atoms with E-state index in [1.54, 1.807) is 104 Å². The molecule has 23 heteroatoms. The third kappa shape index (κ3) is 17.8. The van der Waals surface area contributed by atoms with Crippen molar-refractivity contribution in [3.8, 4) is 39.8 Å². The Labute approximate surface area is 532 Å². The van der Waals surface area contributed by atoms with E-state index in [2.05, 4.69) is 47.5 Å². The maximum atomic E-state index is 13.2. The number of halogens is 7. The smallest absolute Gasteiger partial charge is 0.854 e. The minimum absolute atomic E-state index is 0. The Balaban J connectivity index is 0.000000172. The molecule has 0 saturated heterocycles. The SMILES string of the molecule is OC(c1cccnc1)c1c(-c2ccc(OC(F)(F)F)cc2)noc1COc1ccccc1.OC(c1cccnc1)c1c(-c2cccc(C(F)(F)F)c2)noc1COc1ccccc1.[N-]=C(C(=[C-]C1=C=C=C(Cl)C=C1)C(O)C1=CN=CCC1)c1cccs1.[U+2]. The first-order valence-electron chi connectivity index (χ1n) is 26.2. The van der Waals surface area contributed by atoms with Gasteiger partial charge in [0.05, 0.1) is 27.8 Å². The average Bonchev–Trinajstić information content (AvgIpc) is 2.02. The zero-order valence-corrected chi connectivity index (χ0v) is 51.5. The fraction of sp³-hybridized carbons (Fsp3) is 0.138. The van der Waals surface area contributed by atoms with Crippen molar-refractivity contribution < 1.29 is 96.0 Å². The van der Waals surface area contributed by atoms with Crippen LogP contribution in [0.2, 0.25) is 0 Å². The van der Waals surface area contributed by atoms with Crippen molar-refractivity contribution in [2.75, 3.05) is 0 Å². The van der Waals surface area contributed by atoms with Gasteiger partial charge in [-0.2, -0.15) is 30.2 Å². The number of aliphatic hydroxyl groups excluding tert-OH is 3. The molecule has 11 rings (SSSR count). The van der Waals surface area contributed by atoms with Crippen LogP contribution in [-0.4, -0.2) is 60.0 Å². The summed E-state index contributed by atoms with van der Waals surface area (Å²) in [5, 5.41) is 53.8. The molecule has 0 amide bonds. The molecule has 6 heterocycles. The summed E-state index contributed by atoms with van der Waals surface area (Å²) in [6, 6.07) is 38.1. The number of pyridine rings is 2. The Bertz CT molecular complexity index is 4000. The molecule has 3 atom stereocenters. The van der Waals surface area contributed by atoms with E-state index in [1.165, 1.54) is 48.0 Å². The summed E-state index contributed by atoms with van der Waals surface area (Å²) in [4.78, 5) is 12.8. The van der Waals surface area contributed by atoms with Crippen LogP contribution in [0.1, 0.15) is 69.3 Å². The molecule has 88 heavy (non-hydrogen) atoms. The number of alkyl halides is 6. The zero-order chi connectivity index (χ0) is 61.3. The molecule has 0 spiro atoms. The Hall–Kier alpha value is -8.64. The van der Waals surface area contributed by atoms with Crippen molar-refractivity contribution in [2.45, 2.75) is 56.9 Å². The van der Waals surface area contributed by atoms with E-state index in [1.807, 2.05) is 35.7 Å². The van der Waals surface area contributed by atoms with Crippen LogP contribution in [0.3, 0.4) is 0 Å². The van der Waals surface area contributed by atoms with Gasteiger partial charge in [0.15, 0.2) is 11.5 Å².